The standard InChI is InChI=1S/C17H26N2O2/c1-13-6-3-4-7-15(13)9-10-18-17(21)14(2)19-11-5-8-16(20)12-19/h3-4,6-7,14,16,20H,5,8-12H2,1-2H3,(H,18,21). The summed E-state index contributed by atoms with van der Waals surface area (Å²) in [6.45, 7) is 6.16. The summed E-state index contributed by atoms with van der Waals surface area (Å²) < 4.78 is 0. The van der Waals surface area contributed by atoms with Crippen molar-refractivity contribution >= 4 is 5.91 Å². The zero-order valence-electron chi connectivity index (χ0n) is 13.0. The molecule has 21 heavy (non-hydrogen) atoms. The molecule has 0 aliphatic carbocycles. The van der Waals surface area contributed by atoms with Crippen molar-refractivity contribution in [2.45, 2.75) is 45.3 Å². The van der Waals surface area contributed by atoms with Gasteiger partial charge in [0.05, 0.1) is 12.1 Å². The third-order valence-corrected chi connectivity index (χ3v) is 4.31. The summed E-state index contributed by atoms with van der Waals surface area (Å²) in [7, 11) is 0. The van der Waals surface area contributed by atoms with Crippen LogP contribution < -0.4 is 5.32 Å². The normalized spacial score (nSPS) is 21.0. The number of piperidine rings is 1. The van der Waals surface area contributed by atoms with Gasteiger partial charge < -0.3 is 10.4 Å². The first-order chi connectivity index (χ1) is 10.1. The Bertz CT molecular complexity index is 476. The molecule has 0 spiro atoms. The van der Waals surface area contributed by atoms with Crippen molar-refractivity contribution in [3.05, 3.63) is 35.4 Å². The molecule has 0 radical (unpaired) electrons. The molecule has 1 saturated heterocycles. The number of benzene rings is 1. The maximum absolute atomic E-state index is 12.2. The second-order valence-electron chi connectivity index (χ2n) is 5.93. The van der Waals surface area contributed by atoms with Gasteiger partial charge in [-0.05, 0) is 50.8 Å². The highest BCUT2D eigenvalue weighted by molar-refractivity contribution is 5.81. The second-order valence-corrected chi connectivity index (χ2v) is 5.93. The Morgan fingerprint density at radius 2 is 2.24 bits per heavy atom. The van der Waals surface area contributed by atoms with E-state index in [1.807, 2.05) is 19.1 Å². The van der Waals surface area contributed by atoms with E-state index in [0.29, 0.717) is 13.1 Å². The minimum absolute atomic E-state index is 0.0534. The average Bonchev–Trinajstić information content (AvgIpc) is 2.48. The molecule has 1 aliphatic heterocycles. The Labute approximate surface area is 127 Å². The number of aliphatic hydroxyl groups excluding tert-OH is 1. The monoisotopic (exact) mass is 290 g/mol. The second kappa shape index (κ2) is 7.57. The van der Waals surface area contributed by atoms with Gasteiger partial charge in [0, 0.05) is 13.1 Å². The molecule has 4 heteroatoms. The number of carbonyl (C=O) groups excluding carboxylic acids is 1. The molecule has 1 aromatic carbocycles. The molecule has 2 N–H and O–H groups in total. The van der Waals surface area contributed by atoms with Crippen molar-refractivity contribution < 1.29 is 9.90 Å². The topological polar surface area (TPSA) is 52.6 Å². The predicted molar refractivity (Wildman–Crippen MR) is 84.2 cm³/mol. The van der Waals surface area contributed by atoms with Crippen LogP contribution in [0.5, 0.6) is 0 Å². The minimum Gasteiger partial charge on any atom is -0.392 e. The molecular weight excluding hydrogens is 264 g/mol. The van der Waals surface area contributed by atoms with Crippen molar-refractivity contribution in [3.8, 4) is 0 Å². The van der Waals surface area contributed by atoms with Crippen LogP contribution in [0.15, 0.2) is 24.3 Å². The van der Waals surface area contributed by atoms with Crippen LogP contribution >= 0.6 is 0 Å². The van der Waals surface area contributed by atoms with Gasteiger partial charge in [0.15, 0.2) is 0 Å². The SMILES string of the molecule is Cc1ccccc1CCNC(=O)C(C)N1CCCC(O)C1. The van der Waals surface area contributed by atoms with Crippen LogP contribution in [-0.4, -0.2) is 47.7 Å². The van der Waals surface area contributed by atoms with Gasteiger partial charge >= 0.3 is 0 Å². The smallest absolute Gasteiger partial charge is 0.237 e. The van der Waals surface area contributed by atoms with Crippen LogP contribution in [0.1, 0.15) is 30.9 Å². The number of β-amino-alcohol motifs (C(OH)–C–C–N with tert-alkyl or cyclic N) is 1. The number of rotatable bonds is 5. The number of nitrogens with zero attached hydrogens (tertiary/aromatic N) is 1. The Hall–Kier alpha value is -1.39. The molecule has 1 fully saturated rings. The minimum atomic E-state index is -0.291. The summed E-state index contributed by atoms with van der Waals surface area (Å²) in [6.07, 6.45) is 2.37. The van der Waals surface area contributed by atoms with Crippen LogP contribution in [0.2, 0.25) is 0 Å². The molecule has 4 nitrogen and oxygen atoms in total. The Balaban J connectivity index is 1.77. The quantitative estimate of drug-likeness (QED) is 0.864. The van der Waals surface area contributed by atoms with Gasteiger partial charge in [-0.25, -0.2) is 0 Å². The number of likely N-dealkylation sites (tertiary alicyclic amines) is 1. The van der Waals surface area contributed by atoms with Crippen molar-refractivity contribution in [2.24, 2.45) is 0 Å². The third-order valence-electron chi connectivity index (χ3n) is 4.31. The number of hydrogen-bond acceptors (Lipinski definition) is 3. The Morgan fingerprint density at radius 3 is 2.95 bits per heavy atom. The van der Waals surface area contributed by atoms with Crippen molar-refractivity contribution in [3.63, 3.8) is 0 Å². The molecule has 1 amide bonds. The van der Waals surface area contributed by atoms with E-state index in [0.717, 1.165) is 25.8 Å². The van der Waals surface area contributed by atoms with E-state index in [4.69, 9.17) is 0 Å². The average molecular weight is 290 g/mol. The van der Waals surface area contributed by atoms with E-state index in [1.54, 1.807) is 0 Å². The van der Waals surface area contributed by atoms with Gasteiger partial charge in [-0.3, -0.25) is 9.69 Å². The lowest BCUT2D eigenvalue weighted by Crippen LogP contribution is -2.50. The van der Waals surface area contributed by atoms with Crippen molar-refractivity contribution in [2.75, 3.05) is 19.6 Å². The van der Waals surface area contributed by atoms with Crippen molar-refractivity contribution in [1.82, 2.24) is 10.2 Å². The molecule has 2 atom stereocenters. The van der Waals surface area contributed by atoms with Gasteiger partial charge in [0.25, 0.3) is 0 Å². The molecule has 116 valence electrons. The summed E-state index contributed by atoms with van der Waals surface area (Å²) in [6, 6.07) is 8.08. The highest BCUT2D eigenvalue weighted by Gasteiger charge is 2.26. The fourth-order valence-electron chi connectivity index (χ4n) is 2.86. The van der Waals surface area contributed by atoms with E-state index in [-0.39, 0.29) is 18.1 Å². The largest absolute Gasteiger partial charge is 0.392 e. The summed E-state index contributed by atoms with van der Waals surface area (Å²) >= 11 is 0. The Kier molecular flexibility index (Phi) is 5.76. The highest BCUT2D eigenvalue weighted by atomic mass is 16.3. The number of aliphatic hydroxyl groups is 1. The summed E-state index contributed by atoms with van der Waals surface area (Å²) in [5.74, 6) is 0.0534. The lowest BCUT2D eigenvalue weighted by Gasteiger charge is -2.34. The fraction of sp³-hybridized carbons (Fsp3) is 0.588. The number of amides is 1. The first-order valence-corrected chi connectivity index (χ1v) is 7.82. The van der Waals surface area contributed by atoms with Gasteiger partial charge in [-0.15, -0.1) is 0 Å². The summed E-state index contributed by atoms with van der Waals surface area (Å²) in [5, 5.41) is 12.7. The van der Waals surface area contributed by atoms with E-state index in [9.17, 15) is 9.90 Å². The van der Waals surface area contributed by atoms with Gasteiger partial charge in [-0.1, -0.05) is 24.3 Å². The number of nitrogens with one attached hydrogen (secondary N) is 1. The van der Waals surface area contributed by atoms with Gasteiger partial charge in [0.2, 0.25) is 5.91 Å². The molecule has 2 unspecified atom stereocenters. The van der Waals surface area contributed by atoms with E-state index >= 15 is 0 Å². The lowest BCUT2D eigenvalue weighted by atomic mass is 10.1. The maximum Gasteiger partial charge on any atom is 0.237 e. The highest BCUT2D eigenvalue weighted by Crippen LogP contribution is 2.13. The first kappa shape index (κ1) is 16.0. The van der Waals surface area contributed by atoms with Gasteiger partial charge in [0.1, 0.15) is 0 Å². The van der Waals surface area contributed by atoms with Crippen LogP contribution in [0.4, 0.5) is 0 Å². The number of hydrogen-bond donors (Lipinski definition) is 2. The molecule has 0 saturated carbocycles. The fourth-order valence-corrected chi connectivity index (χ4v) is 2.86. The van der Waals surface area contributed by atoms with Crippen LogP contribution in [0.3, 0.4) is 0 Å². The van der Waals surface area contributed by atoms with E-state index in [2.05, 4.69) is 29.3 Å². The van der Waals surface area contributed by atoms with E-state index in [1.165, 1.54) is 11.1 Å². The molecular formula is C17H26N2O2. The molecule has 1 heterocycles. The van der Waals surface area contributed by atoms with Crippen LogP contribution in [-0.2, 0) is 11.2 Å². The Morgan fingerprint density at radius 1 is 1.48 bits per heavy atom. The molecule has 2 rings (SSSR count). The molecule has 0 bridgehead atoms. The molecule has 1 aromatic rings. The van der Waals surface area contributed by atoms with Crippen LogP contribution in [0.25, 0.3) is 0 Å². The maximum atomic E-state index is 12.2. The predicted octanol–water partition coefficient (Wildman–Crippen LogP) is 1.50. The first-order valence-electron chi connectivity index (χ1n) is 7.82. The molecule has 0 aromatic heterocycles. The zero-order valence-corrected chi connectivity index (χ0v) is 13.0. The number of aryl methyl sites for hydroxylation is 1. The third kappa shape index (κ3) is 4.55. The van der Waals surface area contributed by atoms with E-state index < -0.39 is 0 Å². The zero-order chi connectivity index (χ0) is 15.2. The lowest BCUT2D eigenvalue weighted by molar-refractivity contribution is -0.126. The van der Waals surface area contributed by atoms with Crippen LogP contribution in [0, 0.1) is 6.92 Å². The summed E-state index contributed by atoms with van der Waals surface area (Å²) in [4.78, 5) is 14.3. The van der Waals surface area contributed by atoms with Crippen molar-refractivity contribution in [1.29, 1.82) is 0 Å². The van der Waals surface area contributed by atoms with Gasteiger partial charge in [-0.2, -0.15) is 0 Å². The molecule has 1 aliphatic rings. The number of carbonyl (C=O) groups is 1. The summed E-state index contributed by atoms with van der Waals surface area (Å²) in [5.41, 5.74) is 2.54.